The van der Waals surface area contributed by atoms with Crippen molar-refractivity contribution in [2.45, 2.75) is 90.9 Å². The Morgan fingerprint density at radius 2 is 1.02 bits per heavy atom. The third-order valence-electron chi connectivity index (χ3n) is 9.63. The van der Waals surface area contributed by atoms with Gasteiger partial charge in [0.25, 0.3) is 0 Å². The Kier molecular flexibility index (Phi) is 12.4. The fourth-order valence-corrected chi connectivity index (χ4v) is 6.98. The molecule has 4 aromatic rings. The fraction of sp³-hybridized carbons (Fsp3) is 0.450. The van der Waals surface area contributed by atoms with E-state index in [9.17, 15) is 9.59 Å². The zero-order valence-electron chi connectivity index (χ0n) is 29.1. The summed E-state index contributed by atoms with van der Waals surface area (Å²) in [5.74, 6) is 0.859. The molecule has 2 aromatic carbocycles. The molecule has 1 saturated carbocycles. The summed E-state index contributed by atoms with van der Waals surface area (Å²) < 4.78 is 0. The molecule has 0 radical (unpaired) electrons. The number of aromatic nitrogens is 4. The highest BCUT2D eigenvalue weighted by atomic mass is 16.1. The first-order valence-electron chi connectivity index (χ1n) is 17.7. The molecule has 0 unspecified atom stereocenters. The Morgan fingerprint density at radius 1 is 0.583 bits per heavy atom. The van der Waals surface area contributed by atoms with Gasteiger partial charge in [0, 0.05) is 62.2 Å². The van der Waals surface area contributed by atoms with Crippen molar-refractivity contribution in [3.05, 3.63) is 107 Å². The van der Waals surface area contributed by atoms with Crippen molar-refractivity contribution in [3.8, 4) is 0 Å². The van der Waals surface area contributed by atoms with Gasteiger partial charge in [0.1, 0.15) is 11.6 Å². The lowest BCUT2D eigenvalue weighted by molar-refractivity contribution is -0.118. The molecule has 1 aliphatic rings. The van der Waals surface area contributed by atoms with Gasteiger partial charge >= 0.3 is 0 Å². The second-order valence-corrected chi connectivity index (χ2v) is 12.9. The van der Waals surface area contributed by atoms with Gasteiger partial charge in [0.2, 0.25) is 0 Å². The Balaban J connectivity index is 1.12. The molecule has 0 bridgehead atoms. The highest BCUT2D eigenvalue weighted by molar-refractivity contribution is 5.83. The normalized spacial score (nSPS) is 16.0. The molecule has 1 aliphatic carbocycles. The van der Waals surface area contributed by atoms with E-state index in [1.807, 2.05) is 48.5 Å². The minimum absolute atomic E-state index is 0.139. The number of benzene rings is 2. The smallest absolute Gasteiger partial charge is 0.143 e. The van der Waals surface area contributed by atoms with Crippen LogP contribution in [0.3, 0.4) is 0 Å². The number of hydrogen-bond donors (Lipinski definition) is 0. The zero-order valence-corrected chi connectivity index (χ0v) is 29.1. The number of carbonyl (C=O) groups is 2. The van der Waals surface area contributed by atoms with Crippen LogP contribution in [0.2, 0.25) is 0 Å². The summed E-state index contributed by atoms with van der Waals surface area (Å²) in [6, 6.07) is 24.5. The summed E-state index contributed by atoms with van der Waals surface area (Å²) in [6.07, 6.45) is 5.48. The molecule has 0 spiro atoms. The summed E-state index contributed by atoms with van der Waals surface area (Å²) in [5.41, 5.74) is 7.74. The molecule has 2 atom stereocenters. The molecule has 0 aliphatic heterocycles. The van der Waals surface area contributed by atoms with Crippen LogP contribution in [0.1, 0.15) is 99.1 Å². The summed E-state index contributed by atoms with van der Waals surface area (Å²) >= 11 is 0. The maximum atomic E-state index is 12.9. The number of hydrogen-bond acceptors (Lipinski definition) is 8. The SMILES string of the molecule is CCN(CC)c1cccc(CC(=O)Cc2ccc([C@H]3CCC[C@H](c4ccc(CC(=O)Cc5cccc(N(CC)CC)c5)nn4)C3)nn2)c1. The molecule has 8 nitrogen and oxygen atoms in total. The zero-order chi connectivity index (χ0) is 33.9. The molecule has 0 N–H and O–H groups in total. The van der Waals surface area contributed by atoms with Crippen molar-refractivity contribution in [2.24, 2.45) is 0 Å². The predicted molar refractivity (Wildman–Crippen MR) is 193 cm³/mol. The van der Waals surface area contributed by atoms with E-state index in [0.29, 0.717) is 36.1 Å². The Labute approximate surface area is 286 Å². The van der Waals surface area contributed by atoms with Gasteiger partial charge in [0.05, 0.1) is 35.6 Å². The van der Waals surface area contributed by atoms with Crippen molar-refractivity contribution in [1.82, 2.24) is 20.4 Å². The topological polar surface area (TPSA) is 92.2 Å². The van der Waals surface area contributed by atoms with E-state index in [-0.39, 0.29) is 24.4 Å². The van der Waals surface area contributed by atoms with Gasteiger partial charge in [-0.3, -0.25) is 9.59 Å². The number of Topliss-reactive ketones (excluding diaryl/α,β-unsaturated/α-hetero) is 2. The van der Waals surface area contributed by atoms with Gasteiger partial charge in [0.15, 0.2) is 0 Å². The Hall–Kier alpha value is -4.46. The average Bonchev–Trinajstić information content (AvgIpc) is 3.10. The van der Waals surface area contributed by atoms with Gasteiger partial charge in [-0.1, -0.05) is 30.7 Å². The first kappa shape index (κ1) is 34.9. The molecule has 48 heavy (non-hydrogen) atoms. The van der Waals surface area contributed by atoms with Gasteiger partial charge in [-0.05, 0) is 107 Å². The minimum Gasteiger partial charge on any atom is -0.372 e. The molecule has 0 saturated heterocycles. The first-order valence-corrected chi connectivity index (χ1v) is 17.7. The molecule has 252 valence electrons. The standard InChI is InChI=1S/C40H50N6O2/c1-5-45(6-2)35-16-9-12-29(22-35)24-37(47)27-33-18-20-39(43-41-33)31-14-11-15-32(26-31)40-21-19-34(42-44-40)28-38(48)25-30-13-10-17-36(23-30)46(7-3)8-4/h9-10,12-13,16-23,31-32H,5-8,11,14-15,24-28H2,1-4H3/t31-,32-/m0/s1. The lowest BCUT2D eigenvalue weighted by Crippen LogP contribution is -2.22. The third kappa shape index (κ3) is 9.33. The lowest BCUT2D eigenvalue weighted by atomic mass is 9.78. The number of nitrogens with zero attached hydrogens (tertiary/aromatic N) is 6. The third-order valence-corrected chi connectivity index (χ3v) is 9.63. The van der Waals surface area contributed by atoms with Crippen LogP contribution in [0.15, 0.2) is 72.8 Å². The largest absolute Gasteiger partial charge is 0.372 e. The number of ketones is 2. The van der Waals surface area contributed by atoms with Crippen LogP contribution in [-0.2, 0) is 35.3 Å². The quantitative estimate of drug-likeness (QED) is 0.127. The van der Waals surface area contributed by atoms with Crippen molar-refractivity contribution in [3.63, 3.8) is 0 Å². The van der Waals surface area contributed by atoms with E-state index in [4.69, 9.17) is 0 Å². The summed E-state index contributed by atoms with van der Waals surface area (Å²) in [5, 5.41) is 18.1. The van der Waals surface area contributed by atoms with Crippen molar-refractivity contribution >= 4 is 22.9 Å². The van der Waals surface area contributed by atoms with Crippen molar-refractivity contribution in [1.29, 1.82) is 0 Å². The van der Waals surface area contributed by atoms with Gasteiger partial charge in [-0.25, -0.2) is 0 Å². The maximum Gasteiger partial charge on any atom is 0.143 e. The summed E-state index contributed by atoms with van der Waals surface area (Å²) in [4.78, 5) is 30.4. The van der Waals surface area contributed by atoms with E-state index in [1.54, 1.807) is 0 Å². The first-order chi connectivity index (χ1) is 23.4. The summed E-state index contributed by atoms with van der Waals surface area (Å²) in [6.45, 7) is 12.3. The second-order valence-electron chi connectivity index (χ2n) is 12.9. The molecule has 1 fully saturated rings. The van der Waals surface area contributed by atoms with Crippen LogP contribution in [0.5, 0.6) is 0 Å². The van der Waals surface area contributed by atoms with Crippen molar-refractivity contribution < 1.29 is 9.59 Å². The molecule has 5 rings (SSSR count). The van der Waals surface area contributed by atoms with Crippen LogP contribution < -0.4 is 9.80 Å². The summed E-state index contributed by atoms with van der Waals surface area (Å²) in [7, 11) is 0. The van der Waals surface area contributed by atoms with E-state index >= 15 is 0 Å². The highest BCUT2D eigenvalue weighted by Gasteiger charge is 2.27. The van der Waals surface area contributed by atoms with E-state index in [1.165, 1.54) is 0 Å². The monoisotopic (exact) mass is 646 g/mol. The van der Waals surface area contributed by atoms with E-state index < -0.39 is 0 Å². The number of carbonyl (C=O) groups excluding carboxylic acids is 2. The second kappa shape index (κ2) is 17.1. The van der Waals surface area contributed by atoms with Crippen LogP contribution >= 0.6 is 0 Å². The van der Waals surface area contributed by atoms with Crippen LogP contribution in [0, 0.1) is 0 Å². The number of anilines is 2. The van der Waals surface area contributed by atoms with E-state index in [0.717, 1.165) is 85.8 Å². The number of rotatable bonds is 16. The van der Waals surface area contributed by atoms with Crippen molar-refractivity contribution in [2.75, 3.05) is 36.0 Å². The molecule has 2 heterocycles. The van der Waals surface area contributed by atoms with Crippen LogP contribution in [0.25, 0.3) is 0 Å². The molecular weight excluding hydrogens is 596 g/mol. The van der Waals surface area contributed by atoms with Crippen LogP contribution in [0.4, 0.5) is 11.4 Å². The van der Waals surface area contributed by atoms with Gasteiger partial charge in [-0.15, -0.1) is 0 Å². The fourth-order valence-electron chi connectivity index (χ4n) is 6.98. The lowest BCUT2D eigenvalue weighted by Gasteiger charge is -2.28. The predicted octanol–water partition coefficient (Wildman–Crippen LogP) is 7.11. The Morgan fingerprint density at radius 3 is 1.40 bits per heavy atom. The average molecular weight is 647 g/mol. The van der Waals surface area contributed by atoms with Gasteiger partial charge < -0.3 is 9.80 Å². The molecule has 0 amide bonds. The minimum atomic E-state index is 0.139. The Bertz CT molecular complexity index is 1510. The molecule has 8 heteroatoms. The highest BCUT2D eigenvalue weighted by Crippen LogP contribution is 2.39. The molecular formula is C40H50N6O2. The van der Waals surface area contributed by atoms with Crippen LogP contribution in [-0.4, -0.2) is 58.1 Å². The van der Waals surface area contributed by atoms with Gasteiger partial charge in [-0.2, -0.15) is 20.4 Å². The van der Waals surface area contributed by atoms with E-state index in [2.05, 4.69) is 82.2 Å². The molecule has 2 aromatic heterocycles. The maximum absolute atomic E-state index is 12.9.